The van der Waals surface area contributed by atoms with E-state index in [1.54, 1.807) is 6.07 Å². The van der Waals surface area contributed by atoms with E-state index in [1.165, 1.54) is 0 Å². The number of nitriles is 1. The smallest absolute Gasteiger partial charge is 0.464 e. The van der Waals surface area contributed by atoms with Crippen LogP contribution in [0.15, 0.2) is 29.3 Å². The molecule has 0 aliphatic carbocycles. The van der Waals surface area contributed by atoms with Gasteiger partial charge in [-0.3, -0.25) is 0 Å². The first-order valence-corrected chi connectivity index (χ1v) is 8.42. The van der Waals surface area contributed by atoms with Crippen molar-refractivity contribution in [2.45, 2.75) is 10.4 Å². The van der Waals surface area contributed by atoms with Crippen LogP contribution < -0.4 is 5.73 Å². The van der Waals surface area contributed by atoms with Crippen molar-refractivity contribution in [3.63, 3.8) is 0 Å². The lowest BCUT2D eigenvalue weighted by Crippen LogP contribution is -2.23. The van der Waals surface area contributed by atoms with Gasteiger partial charge in [-0.25, -0.2) is 13.2 Å². The number of ether oxygens (including phenoxy) is 1. The number of hydrogen-bond acceptors (Lipinski definition) is 6. The van der Waals surface area contributed by atoms with Gasteiger partial charge in [-0.2, -0.15) is 18.4 Å². The molecule has 0 saturated heterocycles. The van der Waals surface area contributed by atoms with Crippen LogP contribution in [0.2, 0.25) is 5.02 Å². The van der Waals surface area contributed by atoms with Gasteiger partial charge in [0.25, 0.3) is 9.84 Å². The first kappa shape index (κ1) is 19.6. The molecule has 0 atom stereocenters. The summed E-state index contributed by atoms with van der Waals surface area (Å²) < 4.78 is 67.0. The first-order valence-electron chi connectivity index (χ1n) is 6.56. The van der Waals surface area contributed by atoms with Crippen LogP contribution in [0.4, 0.5) is 18.9 Å². The molecule has 0 radical (unpaired) electrons. The lowest BCUT2D eigenvalue weighted by Gasteiger charge is -2.13. The number of anilines is 1. The van der Waals surface area contributed by atoms with Crippen molar-refractivity contribution in [1.82, 2.24) is 4.57 Å². The van der Waals surface area contributed by atoms with Crippen molar-refractivity contribution in [2.24, 2.45) is 0 Å². The van der Waals surface area contributed by atoms with E-state index in [4.69, 9.17) is 22.6 Å². The molecule has 0 aliphatic heterocycles. The normalized spacial score (nSPS) is 11.8. The van der Waals surface area contributed by atoms with Crippen LogP contribution in [0.25, 0.3) is 5.69 Å². The Hall–Kier alpha value is -2.71. The lowest BCUT2D eigenvalue weighted by atomic mass is 10.2. The number of carbonyl (C=O) groups is 1. The van der Waals surface area contributed by atoms with E-state index in [0.29, 0.717) is 12.1 Å². The zero-order valence-electron chi connectivity index (χ0n) is 12.8. The van der Waals surface area contributed by atoms with Crippen molar-refractivity contribution in [3.8, 4) is 11.8 Å². The molecule has 2 N–H and O–H groups in total. The van der Waals surface area contributed by atoms with Crippen LogP contribution in [-0.4, -0.2) is 31.6 Å². The third-order valence-corrected chi connectivity index (χ3v) is 5.14. The van der Waals surface area contributed by atoms with Crippen molar-refractivity contribution >= 4 is 33.1 Å². The number of nitrogens with zero attached hydrogens (tertiary/aromatic N) is 2. The summed E-state index contributed by atoms with van der Waals surface area (Å²) >= 11 is 5.95. The number of nitrogen functional groups attached to an aromatic ring is 1. The maximum Gasteiger partial charge on any atom is 0.501 e. The van der Waals surface area contributed by atoms with Crippen LogP contribution in [0.3, 0.4) is 0 Å². The number of nitrogens with two attached hydrogens (primary N) is 1. The van der Waals surface area contributed by atoms with E-state index < -0.39 is 26.2 Å². The number of aromatic nitrogens is 1. The van der Waals surface area contributed by atoms with Crippen LogP contribution in [-0.2, 0) is 14.6 Å². The summed E-state index contributed by atoms with van der Waals surface area (Å²) in [6.07, 6.45) is 1.03. The van der Waals surface area contributed by atoms with Crippen LogP contribution in [0, 0.1) is 11.3 Å². The predicted octanol–water partition coefficient (Wildman–Crippen LogP) is 2.66. The molecule has 0 aliphatic rings. The second-order valence-electron chi connectivity index (χ2n) is 4.84. The summed E-state index contributed by atoms with van der Waals surface area (Å²) in [6.45, 7) is 0. The number of rotatable bonds is 3. The van der Waals surface area contributed by atoms with Gasteiger partial charge >= 0.3 is 11.5 Å². The minimum Gasteiger partial charge on any atom is -0.464 e. The van der Waals surface area contributed by atoms with E-state index in [1.807, 2.05) is 0 Å². The Morgan fingerprint density at radius 1 is 1.38 bits per heavy atom. The Balaban J connectivity index is 2.81. The Morgan fingerprint density at radius 3 is 2.50 bits per heavy atom. The highest BCUT2D eigenvalue weighted by Gasteiger charge is 2.47. The highest BCUT2D eigenvalue weighted by Crippen LogP contribution is 2.35. The summed E-state index contributed by atoms with van der Waals surface area (Å²) in [5.74, 6) is -0.996. The van der Waals surface area contributed by atoms with E-state index in [-0.39, 0.29) is 27.7 Å². The highest BCUT2D eigenvalue weighted by atomic mass is 35.5. The fourth-order valence-corrected chi connectivity index (χ4v) is 3.07. The molecule has 0 bridgehead atoms. The number of methoxy groups -OCH3 is 1. The van der Waals surface area contributed by atoms with Crippen molar-refractivity contribution < 1.29 is 31.1 Å². The summed E-state index contributed by atoms with van der Waals surface area (Å²) in [5.41, 5.74) is -0.995. The minimum absolute atomic E-state index is 0.175. The number of carbonyl (C=O) groups excluding carboxylic acids is 1. The first-order chi connectivity index (χ1) is 12.0. The molecular weight excluding hydrogens is 399 g/mol. The second kappa shape index (κ2) is 6.54. The number of hydrogen-bond donors (Lipinski definition) is 1. The van der Waals surface area contributed by atoms with Gasteiger partial charge in [0.2, 0.25) is 0 Å². The molecule has 2 rings (SSSR count). The molecule has 1 heterocycles. The average Bonchev–Trinajstić information content (AvgIpc) is 2.89. The number of sulfone groups is 1. The van der Waals surface area contributed by atoms with Gasteiger partial charge in [-0.1, -0.05) is 11.6 Å². The molecule has 0 amide bonds. The van der Waals surface area contributed by atoms with E-state index in [0.717, 1.165) is 23.9 Å². The van der Waals surface area contributed by atoms with Gasteiger partial charge in [-0.15, -0.1) is 0 Å². The number of halogens is 4. The monoisotopic (exact) mass is 407 g/mol. The number of benzene rings is 1. The van der Waals surface area contributed by atoms with Gasteiger partial charge in [0.1, 0.15) is 6.07 Å². The van der Waals surface area contributed by atoms with Crippen molar-refractivity contribution in [1.29, 1.82) is 5.26 Å². The summed E-state index contributed by atoms with van der Waals surface area (Å²) in [7, 11) is -4.63. The maximum absolute atomic E-state index is 12.8. The molecule has 1 aromatic heterocycles. The number of alkyl halides is 3. The molecule has 2 aromatic rings. The molecule has 26 heavy (non-hydrogen) atoms. The van der Waals surface area contributed by atoms with Crippen molar-refractivity contribution in [3.05, 3.63) is 40.7 Å². The quantitative estimate of drug-likeness (QED) is 0.782. The minimum atomic E-state index is -5.66. The van der Waals surface area contributed by atoms with E-state index in [9.17, 15) is 26.4 Å². The van der Waals surface area contributed by atoms with Crippen LogP contribution >= 0.6 is 11.6 Å². The molecular formula is C14H9ClF3N3O4S. The van der Waals surface area contributed by atoms with Crippen LogP contribution in [0.5, 0.6) is 0 Å². The fourth-order valence-electron chi connectivity index (χ4n) is 2.08. The topological polar surface area (TPSA) is 115 Å². The second-order valence-corrected chi connectivity index (χ2v) is 7.19. The Kier molecular flexibility index (Phi) is 4.94. The van der Waals surface area contributed by atoms with Gasteiger partial charge in [-0.05, 0) is 18.2 Å². The maximum atomic E-state index is 12.8. The number of esters is 1. The van der Waals surface area contributed by atoms with Crippen molar-refractivity contribution in [2.75, 3.05) is 12.8 Å². The largest absolute Gasteiger partial charge is 0.501 e. The molecule has 0 fully saturated rings. The summed E-state index contributed by atoms with van der Waals surface area (Å²) in [6, 6.07) is 3.91. The summed E-state index contributed by atoms with van der Waals surface area (Å²) in [4.78, 5) is 10.8. The lowest BCUT2D eigenvalue weighted by molar-refractivity contribution is -0.0436. The average molecular weight is 408 g/mol. The zero-order valence-corrected chi connectivity index (χ0v) is 14.4. The third-order valence-electron chi connectivity index (χ3n) is 3.34. The van der Waals surface area contributed by atoms with Gasteiger partial charge in [0.05, 0.1) is 34.0 Å². The molecule has 0 saturated carbocycles. The fraction of sp³-hybridized carbons (Fsp3) is 0.143. The Labute approximate surface area is 150 Å². The van der Waals surface area contributed by atoms with Gasteiger partial charge in [0, 0.05) is 6.20 Å². The third kappa shape index (κ3) is 3.09. The zero-order chi connectivity index (χ0) is 19.9. The molecule has 12 heteroatoms. The Bertz CT molecular complexity index is 1040. The SMILES string of the molecule is COC(=O)c1c(N)c(C#N)cn1-c1cc(S(=O)(=O)C(F)(F)F)ccc1Cl. The van der Waals surface area contributed by atoms with Gasteiger partial charge < -0.3 is 15.0 Å². The predicted molar refractivity (Wildman–Crippen MR) is 84.5 cm³/mol. The molecule has 1 aromatic carbocycles. The molecule has 7 nitrogen and oxygen atoms in total. The molecule has 138 valence electrons. The van der Waals surface area contributed by atoms with Gasteiger partial charge in [0.15, 0.2) is 5.69 Å². The van der Waals surface area contributed by atoms with E-state index in [2.05, 4.69) is 4.74 Å². The Morgan fingerprint density at radius 2 is 2.00 bits per heavy atom. The molecule has 0 unspecified atom stereocenters. The van der Waals surface area contributed by atoms with Crippen LogP contribution in [0.1, 0.15) is 16.1 Å². The standard InChI is InChI=1S/C14H9ClF3N3O4S/c1-25-13(22)12-11(20)7(5-19)6-21(12)10-4-8(2-3-9(10)15)26(23,24)14(16,17)18/h2-4,6H,20H2,1H3. The summed E-state index contributed by atoms with van der Waals surface area (Å²) in [5, 5.41) is 8.86. The highest BCUT2D eigenvalue weighted by molar-refractivity contribution is 7.92. The molecule has 0 spiro atoms. The van der Waals surface area contributed by atoms with E-state index >= 15 is 0 Å².